The van der Waals surface area contributed by atoms with Crippen LogP contribution in [-0.2, 0) is 4.79 Å². The van der Waals surface area contributed by atoms with Crippen molar-refractivity contribution < 1.29 is 9.90 Å². The van der Waals surface area contributed by atoms with Crippen molar-refractivity contribution in [1.82, 2.24) is 10.3 Å². The summed E-state index contributed by atoms with van der Waals surface area (Å²) in [5.74, 6) is -0.812. The Bertz CT molecular complexity index is 371. The molecular weight excluding hydrogens is 282 g/mol. The average Bonchev–Trinajstić information content (AvgIpc) is 2.65. The first-order valence-corrected chi connectivity index (χ1v) is 6.17. The molecule has 15 heavy (non-hydrogen) atoms. The van der Waals surface area contributed by atoms with E-state index < -0.39 is 12.0 Å². The van der Waals surface area contributed by atoms with Gasteiger partial charge in [-0.1, -0.05) is 0 Å². The Balaban J connectivity index is 2.21. The summed E-state index contributed by atoms with van der Waals surface area (Å²) >= 11 is 4.72. The van der Waals surface area contributed by atoms with Crippen LogP contribution >= 0.6 is 27.3 Å². The average molecular weight is 292 g/mol. The van der Waals surface area contributed by atoms with Gasteiger partial charge in [-0.3, -0.25) is 0 Å². The molecule has 5 nitrogen and oxygen atoms in total. The Morgan fingerprint density at radius 1 is 1.80 bits per heavy atom. The lowest BCUT2D eigenvalue weighted by Gasteiger charge is -2.33. The van der Waals surface area contributed by atoms with E-state index in [2.05, 4.69) is 26.2 Å². The maximum Gasteiger partial charge on any atom is 0.327 e. The molecule has 1 unspecified atom stereocenters. The van der Waals surface area contributed by atoms with Gasteiger partial charge in [0, 0.05) is 25.0 Å². The maximum absolute atomic E-state index is 11.0. The zero-order valence-corrected chi connectivity index (χ0v) is 10.2. The van der Waals surface area contributed by atoms with E-state index >= 15 is 0 Å². The summed E-state index contributed by atoms with van der Waals surface area (Å²) < 4.78 is 0.755. The molecule has 0 aliphatic carbocycles. The van der Waals surface area contributed by atoms with Crippen LogP contribution in [0.2, 0.25) is 0 Å². The number of carboxylic acids is 1. The first kappa shape index (κ1) is 10.8. The highest BCUT2D eigenvalue weighted by Crippen LogP contribution is 2.25. The Labute approximate surface area is 99.2 Å². The van der Waals surface area contributed by atoms with Crippen molar-refractivity contribution in [3.63, 3.8) is 0 Å². The van der Waals surface area contributed by atoms with Crippen molar-refractivity contribution in [2.75, 3.05) is 24.5 Å². The third kappa shape index (κ3) is 2.30. The molecule has 1 atom stereocenters. The standard InChI is InChI=1S/C8H10BrN3O2S/c9-6-4-15-8(11-6)12-2-1-10-3-5(12)7(13)14/h4-5,10H,1-3H2,(H,13,14). The van der Waals surface area contributed by atoms with Gasteiger partial charge in [0.2, 0.25) is 0 Å². The Hall–Kier alpha value is -0.660. The molecule has 82 valence electrons. The summed E-state index contributed by atoms with van der Waals surface area (Å²) in [5.41, 5.74) is 0. The van der Waals surface area contributed by atoms with E-state index in [0.29, 0.717) is 13.1 Å². The highest BCUT2D eigenvalue weighted by atomic mass is 79.9. The van der Waals surface area contributed by atoms with Crippen molar-refractivity contribution in [2.45, 2.75) is 6.04 Å². The largest absolute Gasteiger partial charge is 0.480 e. The molecule has 2 rings (SSSR count). The van der Waals surface area contributed by atoms with Gasteiger partial charge in [0.15, 0.2) is 5.13 Å². The number of hydrogen-bond donors (Lipinski definition) is 2. The predicted octanol–water partition coefficient (Wildman–Crippen LogP) is 0.768. The lowest BCUT2D eigenvalue weighted by molar-refractivity contribution is -0.138. The molecule has 1 saturated heterocycles. The zero-order valence-electron chi connectivity index (χ0n) is 7.81. The molecule has 0 bridgehead atoms. The minimum Gasteiger partial charge on any atom is -0.480 e. The number of piperazine rings is 1. The van der Waals surface area contributed by atoms with Crippen LogP contribution in [0.4, 0.5) is 5.13 Å². The zero-order chi connectivity index (χ0) is 10.8. The molecule has 0 radical (unpaired) electrons. The normalized spacial score (nSPS) is 21.7. The number of hydrogen-bond acceptors (Lipinski definition) is 5. The topological polar surface area (TPSA) is 65.5 Å². The van der Waals surface area contributed by atoms with Gasteiger partial charge in [-0.05, 0) is 15.9 Å². The van der Waals surface area contributed by atoms with Gasteiger partial charge in [-0.25, -0.2) is 9.78 Å². The van der Waals surface area contributed by atoms with E-state index in [-0.39, 0.29) is 0 Å². The fraction of sp³-hybridized carbons (Fsp3) is 0.500. The van der Waals surface area contributed by atoms with Crippen molar-refractivity contribution >= 4 is 38.4 Å². The van der Waals surface area contributed by atoms with E-state index in [0.717, 1.165) is 16.3 Å². The summed E-state index contributed by atoms with van der Waals surface area (Å²) in [6.07, 6.45) is 0. The summed E-state index contributed by atoms with van der Waals surface area (Å²) in [5, 5.41) is 14.7. The number of carboxylic acid groups (broad SMARTS) is 1. The Morgan fingerprint density at radius 3 is 3.20 bits per heavy atom. The SMILES string of the molecule is O=C(O)C1CNCCN1c1nc(Br)cs1. The lowest BCUT2D eigenvalue weighted by atomic mass is 10.2. The van der Waals surface area contributed by atoms with E-state index in [9.17, 15) is 4.79 Å². The molecule has 1 aromatic heterocycles. The summed E-state index contributed by atoms with van der Waals surface area (Å²) in [4.78, 5) is 17.1. The fourth-order valence-electron chi connectivity index (χ4n) is 1.53. The van der Waals surface area contributed by atoms with Crippen molar-refractivity contribution in [1.29, 1.82) is 0 Å². The molecule has 0 spiro atoms. The van der Waals surface area contributed by atoms with Crippen molar-refractivity contribution in [3.8, 4) is 0 Å². The number of nitrogens with zero attached hydrogens (tertiary/aromatic N) is 2. The van der Waals surface area contributed by atoms with E-state index in [1.54, 1.807) is 0 Å². The van der Waals surface area contributed by atoms with Crippen molar-refractivity contribution in [3.05, 3.63) is 9.98 Å². The van der Waals surface area contributed by atoms with Gasteiger partial charge >= 0.3 is 5.97 Å². The third-order valence-corrected chi connectivity index (χ3v) is 3.83. The Kier molecular flexibility index (Phi) is 3.22. The molecule has 1 aliphatic rings. The van der Waals surface area contributed by atoms with Crippen LogP contribution in [0.3, 0.4) is 0 Å². The van der Waals surface area contributed by atoms with E-state index in [1.807, 2.05) is 10.3 Å². The number of aliphatic carboxylic acids is 1. The number of anilines is 1. The first-order valence-electron chi connectivity index (χ1n) is 4.49. The van der Waals surface area contributed by atoms with Gasteiger partial charge in [-0.2, -0.15) is 0 Å². The summed E-state index contributed by atoms with van der Waals surface area (Å²) in [6, 6.07) is -0.517. The van der Waals surface area contributed by atoms with Crippen LogP contribution < -0.4 is 10.2 Å². The van der Waals surface area contributed by atoms with Crippen LogP contribution in [0.1, 0.15) is 0 Å². The highest BCUT2D eigenvalue weighted by molar-refractivity contribution is 9.10. The molecule has 2 N–H and O–H groups in total. The highest BCUT2D eigenvalue weighted by Gasteiger charge is 2.29. The molecule has 0 aromatic carbocycles. The second-order valence-electron chi connectivity index (χ2n) is 3.20. The van der Waals surface area contributed by atoms with Gasteiger partial charge in [0.1, 0.15) is 10.6 Å². The van der Waals surface area contributed by atoms with Gasteiger partial charge in [-0.15, -0.1) is 11.3 Å². The molecule has 7 heteroatoms. The Morgan fingerprint density at radius 2 is 2.60 bits per heavy atom. The van der Waals surface area contributed by atoms with E-state index in [4.69, 9.17) is 5.11 Å². The van der Waals surface area contributed by atoms with Gasteiger partial charge in [0.05, 0.1) is 0 Å². The molecule has 1 aromatic rings. The van der Waals surface area contributed by atoms with Crippen LogP contribution in [0, 0.1) is 0 Å². The minimum atomic E-state index is -0.812. The third-order valence-electron chi connectivity index (χ3n) is 2.24. The first-order chi connectivity index (χ1) is 7.18. The quantitative estimate of drug-likeness (QED) is 0.843. The van der Waals surface area contributed by atoms with Crippen molar-refractivity contribution in [2.24, 2.45) is 0 Å². The number of carbonyl (C=O) groups is 1. The molecule has 0 saturated carbocycles. The lowest BCUT2D eigenvalue weighted by Crippen LogP contribution is -2.55. The van der Waals surface area contributed by atoms with Gasteiger partial charge < -0.3 is 15.3 Å². The number of nitrogens with one attached hydrogen (secondary N) is 1. The molecule has 2 heterocycles. The van der Waals surface area contributed by atoms with Crippen LogP contribution in [0.25, 0.3) is 0 Å². The number of halogens is 1. The smallest absolute Gasteiger partial charge is 0.327 e. The summed E-state index contributed by atoms with van der Waals surface area (Å²) in [7, 11) is 0. The maximum atomic E-state index is 11.0. The summed E-state index contributed by atoms with van der Waals surface area (Å²) in [6.45, 7) is 1.93. The van der Waals surface area contributed by atoms with Crippen LogP contribution in [0.5, 0.6) is 0 Å². The monoisotopic (exact) mass is 291 g/mol. The van der Waals surface area contributed by atoms with Crippen LogP contribution in [0.15, 0.2) is 9.98 Å². The number of aromatic nitrogens is 1. The number of rotatable bonds is 2. The fourth-order valence-corrected chi connectivity index (χ4v) is 2.86. The molecule has 1 aliphatic heterocycles. The minimum absolute atomic E-state index is 0.465. The molecular formula is C8H10BrN3O2S. The van der Waals surface area contributed by atoms with Crippen LogP contribution in [-0.4, -0.2) is 41.7 Å². The van der Waals surface area contributed by atoms with E-state index in [1.165, 1.54) is 11.3 Å². The predicted molar refractivity (Wildman–Crippen MR) is 61.5 cm³/mol. The molecule has 0 amide bonds. The number of thiazole rings is 1. The molecule has 1 fully saturated rings. The second kappa shape index (κ2) is 4.46. The van der Waals surface area contributed by atoms with Gasteiger partial charge in [0.25, 0.3) is 0 Å². The second-order valence-corrected chi connectivity index (χ2v) is 4.85.